The number of Topliss-reactive ketones (excluding diaryl/α,β-unsaturated/α-hetero) is 1. The molecule has 0 fully saturated rings. The van der Waals surface area contributed by atoms with Crippen molar-refractivity contribution in [3.63, 3.8) is 0 Å². The van der Waals surface area contributed by atoms with Gasteiger partial charge in [0.05, 0.1) is 14.2 Å². The topological polar surface area (TPSA) is 64.6 Å². The van der Waals surface area contributed by atoms with E-state index >= 15 is 0 Å². The Morgan fingerprint density at radius 2 is 1.59 bits per heavy atom. The second-order valence-electron chi connectivity index (χ2n) is 7.39. The van der Waals surface area contributed by atoms with Crippen molar-refractivity contribution in [1.82, 2.24) is 5.32 Å². The minimum atomic E-state index is -0.227. The van der Waals surface area contributed by atoms with Crippen LogP contribution in [0, 0.1) is 0 Å². The maximum atomic E-state index is 13.2. The highest BCUT2D eigenvalue weighted by Gasteiger charge is 2.38. The number of hydrogen-bond donors (Lipinski definition) is 1. The summed E-state index contributed by atoms with van der Waals surface area (Å²) in [6.07, 6.45) is 1.27. The molecule has 0 radical (unpaired) electrons. The van der Waals surface area contributed by atoms with E-state index in [1.54, 1.807) is 26.4 Å². The van der Waals surface area contributed by atoms with E-state index in [0.717, 1.165) is 22.4 Å². The van der Waals surface area contributed by atoms with Crippen LogP contribution in [0.15, 0.2) is 53.7 Å². The van der Waals surface area contributed by atoms with Crippen LogP contribution >= 0.6 is 11.6 Å². The number of benzene rings is 2. The molecule has 1 heterocycles. The SMILES string of the molecule is COc1ccc(C2CC(=O)C3=C(C2)NC(=O)CC3c2ccc(Cl)cc2)cc1OC. The molecule has 5 nitrogen and oxygen atoms in total. The molecular weight excluding hydrogens is 390 g/mol. The average molecular weight is 412 g/mol. The lowest BCUT2D eigenvalue weighted by atomic mass is 9.73. The van der Waals surface area contributed by atoms with Gasteiger partial charge >= 0.3 is 0 Å². The van der Waals surface area contributed by atoms with Gasteiger partial charge in [-0.1, -0.05) is 29.8 Å². The van der Waals surface area contributed by atoms with Gasteiger partial charge in [0, 0.05) is 35.1 Å². The van der Waals surface area contributed by atoms with E-state index in [4.69, 9.17) is 21.1 Å². The van der Waals surface area contributed by atoms with Crippen molar-refractivity contribution in [2.45, 2.75) is 31.1 Å². The molecule has 0 spiro atoms. The first-order valence-corrected chi connectivity index (χ1v) is 9.91. The molecular formula is C23H22ClNO4. The summed E-state index contributed by atoms with van der Waals surface area (Å²) in [7, 11) is 3.18. The van der Waals surface area contributed by atoms with Crippen molar-refractivity contribution in [1.29, 1.82) is 0 Å². The van der Waals surface area contributed by atoms with Gasteiger partial charge in [-0.3, -0.25) is 9.59 Å². The summed E-state index contributed by atoms with van der Waals surface area (Å²) in [5.74, 6) is 1.03. The fourth-order valence-corrected chi connectivity index (χ4v) is 4.41. The number of carbonyl (C=O) groups excluding carboxylic acids is 2. The number of allylic oxidation sites excluding steroid dienone is 2. The molecule has 1 amide bonds. The molecule has 29 heavy (non-hydrogen) atoms. The third-order valence-electron chi connectivity index (χ3n) is 5.69. The number of ketones is 1. The Balaban J connectivity index is 1.68. The van der Waals surface area contributed by atoms with Gasteiger partial charge in [-0.15, -0.1) is 0 Å². The Morgan fingerprint density at radius 3 is 2.28 bits per heavy atom. The van der Waals surface area contributed by atoms with Crippen molar-refractivity contribution in [3.05, 3.63) is 69.9 Å². The number of nitrogens with one attached hydrogen (secondary N) is 1. The number of rotatable bonds is 4. The molecule has 2 atom stereocenters. The Bertz CT molecular complexity index is 996. The van der Waals surface area contributed by atoms with E-state index in [0.29, 0.717) is 29.4 Å². The minimum absolute atomic E-state index is 0.0228. The van der Waals surface area contributed by atoms with Crippen LogP contribution in [-0.4, -0.2) is 25.9 Å². The highest BCUT2D eigenvalue weighted by molar-refractivity contribution is 6.30. The first-order chi connectivity index (χ1) is 14.0. The zero-order valence-electron chi connectivity index (χ0n) is 16.3. The van der Waals surface area contributed by atoms with Crippen molar-refractivity contribution in [3.8, 4) is 11.5 Å². The number of methoxy groups -OCH3 is 2. The van der Waals surface area contributed by atoms with Gasteiger partial charge in [0.2, 0.25) is 5.91 Å². The van der Waals surface area contributed by atoms with Crippen LogP contribution in [0.4, 0.5) is 0 Å². The minimum Gasteiger partial charge on any atom is -0.493 e. The lowest BCUT2D eigenvalue weighted by Crippen LogP contribution is -2.38. The molecule has 0 saturated heterocycles. The predicted octanol–water partition coefficient (Wildman–Crippen LogP) is 4.36. The van der Waals surface area contributed by atoms with Crippen LogP contribution in [0.25, 0.3) is 0 Å². The van der Waals surface area contributed by atoms with E-state index < -0.39 is 0 Å². The van der Waals surface area contributed by atoms with Gasteiger partial charge in [0.15, 0.2) is 17.3 Å². The molecule has 1 aliphatic carbocycles. The molecule has 0 aromatic heterocycles. The number of ether oxygens (including phenoxy) is 2. The van der Waals surface area contributed by atoms with Gasteiger partial charge in [-0.25, -0.2) is 0 Å². The molecule has 2 unspecified atom stereocenters. The lowest BCUT2D eigenvalue weighted by molar-refractivity contribution is -0.122. The molecule has 2 aliphatic rings. The zero-order chi connectivity index (χ0) is 20.5. The van der Waals surface area contributed by atoms with Gasteiger partial charge in [-0.2, -0.15) is 0 Å². The fraction of sp³-hybridized carbons (Fsp3) is 0.304. The number of carbonyl (C=O) groups is 2. The molecule has 2 aromatic rings. The second kappa shape index (κ2) is 7.91. The molecule has 1 aliphatic heterocycles. The predicted molar refractivity (Wildman–Crippen MR) is 111 cm³/mol. The van der Waals surface area contributed by atoms with Crippen LogP contribution < -0.4 is 14.8 Å². The highest BCUT2D eigenvalue weighted by Crippen LogP contribution is 2.43. The first-order valence-electron chi connectivity index (χ1n) is 9.53. The van der Waals surface area contributed by atoms with Crippen LogP contribution in [-0.2, 0) is 9.59 Å². The van der Waals surface area contributed by atoms with Crippen molar-refractivity contribution < 1.29 is 19.1 Å². The lowest BCUT2D eigenvalue weighted by Gasteiger charge is -2.34. The summed E-state index contributed by atoms with van der Waals surface area (Å²) in [4.78, 5) is 25.5. The van der Waals surface area contributed by atoms with E-state index in [1.165, 1.54) is 0 Å². The average Bonchev–Trinajstić information content (AvgIpc) is 2.72. The highest BCUT2D eigenvalue weighted by atomic mass is 35.5. The normalized spacial score (nSPS) is 21.5. The third kappa shape index (κ3) is 3.75. The number of amides is 1. The summed E-state index contributed by atoms with van der Waals surface area (Å²) >= 11 is 6.00. The smallest absolute Gasteiger partial charge is 0.225 e. The van der Waals surface area contributed by atoms with Crippen LogP contribution in [0.3, 0.4) is 0 Å². The van der Waals surface area contributed by atoms with Gasteiger partial charge in [-0.05, 0) is 47.7 Å². The first kappa shape index (κ1) is 19.5. The molecule has 0 saturated carbocycles. The number of halogens is 1. The van der Waals surface area contributed by atoms with E-state index in [-0.39, 0.29) is 29.9 Å². The largest absolute Gasteiger partial charge is 0.493 e. The zero-order valence-corrected chi connectivity index (χ0v) is 17.1. The Hall–Kier alpha value is -2.79. The van der Waals surface area contributed by atoms with Gasteiger partial charge in [0.25, 0.3) is 0 Å². The third-order valence-corrected chi connectivity index (χ3v) is 5.94. The van der Waals surface area contributed by atoms with E-state index in [2.05, 4.69) is 5.32 Å². The van der Waals surface area contributed by atoms with E-state index in [9.17, 15) is 9.59 Å². The maximum absolute atomic E-state index is 13.2. The molecule has 1 N–H and O–H groups in total. The summed E-state index contributed by atoms with van der Waals surface area (Å²) in [5, 5.41) is 3.58. The molecule has 4 rings (SSSR count). The fourth-order valence-electron chi connectivity index (χ4n) is 4.28. The van der Waals surface area contributed by atoms with Crippen LogP contribution in [0.2, 0.25) is 5.02 Å². The molecule has 6 heteroatoms. The van der Waals surface area contributed by atoms with Crippen molar-refractivity contribution >= 4 is 23.3 Å². The van der Waals surface area contributed by atoms with E-state index in [1.807, 2.05) is 30.3 Å². The monoisotopic (exact) mass is 411 g/mol. The molecule has 2 aromatic carbocycles. The number of hydrogen-bond acceptors (Lipinski definition) is 4. The Labute approximate surface area is 174 Å². The Kier molecular flexibility index (Phi) is 5.33. The van der Waals surface area contributed by atoms with Crippen LogP contribution in [0.1, 0.15) is 42.2 Å². The molecule has 0 bridgehead atoms. The molecule has 150 valence electrons. The van der Waals surface area contributed by atoms with Crippen molar-refractivity contribution in [2.75, 3.05) is 14.2 Å². The van der Waals surface area contributed by atoms with Gasteiger partial charge in [0.1, 0.15) is 0 Å². The Morgan fingerprint density at radius 1 is 0.897 bits per heavy atom. The van der Waals surface area contributed by atoms with Gasteiger partial charge < -0.3 is 14.8 Å². The van der Waals surface area contributed by atoms with Crippen LogP contribution in [0.5, 0.6) is 11.5 Å². The summed E-state index contributed by atoms with van der Waals surface area (Å²) in [6.45, 7) is 0. The second-order valence-corrected chi connectivity index (χ2v) is 7.83. The van der Waals surface area contributed by atoms with Crippen molar-refractivity contribution in [2.24, 2.45) is 0 Å². The standard InChI is InChI=1S/C23H22ClNO4/c1-28-20-8-5-14(11-21(20)29-2)15-9-18-23(19(26)10-15)17(12-22(27)25-18)13-3-6-16(24)7-4-13/h3-8,11,15,17H,9-10,12H2,1-2H3,(H,25,27). The summed E-state index contributed by atoms with van der Waals surface area (Å²) in [6, 6.07) is 13.1. The summed E-state index contributed by atoms with van der Waals surface area (Å²) in [5.41, 5.74) is 3.39. The summed E-state index contributed by atoms with van der Waals surface area (Å²) < 4.78 is 10.7. The quantitative estimate of drug-likeness (QED) is 0.811. The maximum Gasteiger partial charge on any atom is 0.225 e.